The number of amides is 1. The maximum atomic E-state index is 12.6. The third-order valence-electron chi connectivity index (χ3n) is 4.97. The normalized spacial score (nSPS) is 32.5. The number of nitrogens with zero attached hydrogens (tertiary/aromatic N) is 2. The summed E-state index contributed by atoms with van der Waals surface area (Å²) in [6, 6.07) is 0.257. The molecule has 120 valence electrons. The van der Waals surface area contributed by atoms with E-state index in [0.717, 1.165) is 32.5 Å². The van der Waals surface area contributed by atoms with Crippen LogP contribution >= 0.6 is 0 Å². The lowest BCUT2D eigenvalue weighted by molar-refractivity contribution is -0.141. The van der Waals surface area contributed by atoms with Gasteiger partial charge in [0.2, 0.25) is 5.91 Å². The lowest BCUT2D eigenvalue weighted by Crippen LogP contribution is -2.52. The average molecular weight is 296 g/mol. The molecule has 0 spiro atoms. The molecular formula is C16H28N2O3. The minimum absolute atomic E-state index is 0.127. The Balaban J connectivity index is 1.57. The number of hydrogen-bond acceptors (Lipinski definition) is 4. The minimum Gasteiger partial charge on any atom is -0.349 e. The molecule has 3 fully saturated rings. The fourth-order valence-corrected chi connectivity index (χ4v) is 3.81. The Morgan fingerprint density at radius 1 is 1.10 bits per heavy atom. The molecule has 0 saturated carbocycles. The summed E-state index contributed by atoms with van der Waals surface area (Å²) in [6.07, 6.45) is 5.73. The van der Waals surface area contributed by atoms with Crippen molar-refractivity contribution in [3.05, 3.63) is 0 Å². The molecule has 3 aliphatic rings. The molecule has 0 aromatic rings. The molecule has 0 bridgehead atoms. The van der Waals surface area contributed by atoms with Crippen LogP contribution in [0.4, 0.5) is 0 Å². The van der Waals surface area contributed by atoms with E-state index >= 15 is 0 Å². The van der Waals surface area contributed by atoms with Crippen LogP contribution < -0.4 is 0 Å². The molecule has 3 saturated heterocycles. The summed E-state index contributed by atoms with van der Waals surface area (Å²) >= 11 is 0. The zero-order valence-electron chi connectivity index (χ0n) is 13.1. The monoisotopic (exact) mass is 296 g/mol. The molecule has 0 aromatic carbocycles. The Morgan fingerprint density at radius 2 is 1.90 bits per heavy atom. The minimum atomic E-state index is -0.127. The van der Waals surface area contributed by atoms with Crippen molar-refractivity contribution < 1.29 is 14.3 Å². The highest BCUT2D eigenvalue weighted by Crippen LogP contribution is 2.25. The Hall–Kier alpha value is -0.650. The Bertz CT molecular complexity index is 357. The van der Waals surface area contributed by atoms with Crippen LogP contribution in [0.15, 0.2) is 0 Å². The number of hydrogen-bond donors (Lipinski definition) is 0. The van der Waals surface area contributed by atoms with Crippen molar-refractivity contribution in [3.63, 3.8) is 0 Å². The van der Waals surface area contributed by atoms with E-state index in [9.17, 15) is 4.79 Å². The smallest absolute Gasteiger partial charge is 0.236 e. The van der Waals surface area contributed by atoms with Gasteiger partial charge in [-0.25, -0.2) is 0 Å². The van der Waals surface area contributed by atoms with Gasteiger partial charge in [-0.2, -0.15) is 0 Å². The topological polar surface area (TPSA) is 42.0 Å². The first-order valence-electron chi connectivity index (χ1n) is 8.49. The van der Waals surface area contributed by atoms with Crippen LogP contribution in [0.25, 0.3) is 0 Å². The number of carbonyl (C=O) groups is 1. The molecule has 0 aromatic heterocycles. The second-order valence-electron chi connectivity index (χ2n) is 6.73. The van der Waals surface area contributed by atoms with Gasteiger partial charge in [-0.05, 0) is 38.1 Å². The zero-order valence-corrected chi connectivity index (χ0v) is 13.1. The van der Waals surface area contributed by atoms with E-state index in [1.165, 1.54) is 19.3 Å². The summed E-state index contributed by atoms with van der Waals surface area (Å²) in [7, 11) is 0. The number of carbonyl (C=O) groups excluding carboxylic acids is 1. The van der Waals surface area contributed by atoms with Gasteiger partial charge in [0, 0.05) is 13.1 Å². The average Bonchev–Trinajstić information content (AvgIpc) is 3.02. The molecule has 3 rings (SSSR count). The molecule has 21 heavy (non-hydrogen) atoms. The SMILES string of the molecule is CC1CCCN(C(=O)CN2CCCCC2C2OCCO2)C1. The third kappa shape index (κ3) is 3.76. The largest absolute Gasteiger partial charge is 0.349 e. The first-order chi connectivity index (χ1) is 10.2. The maximum Gasteiger partial charge on any atom is 0.236 e. The van der Waals surface area contributed by atoms with Gasteiger partial charge in [0.25, 0.3) is 0 Å². The summed E-state index contributed by atoms with van der Waals surface area (Å²) in [5.41, 5.74) is 0. The molecule has 3 aliphatic heterocycles. The first-order valence-corrected chi connectivity index (χ1v) is 8.49. The molecule has 0 N–H and O–H groups in total. The van der Waals surface area contributed by atoms with Crippen LogP contribution in [0, 0.1) is 5.92 Å². The molecule has 3 heterocycles. The number of rotatable bonds is 3. The van der Waals surface area contributed by atoms with Gasteiger partial charge >= 0.3 is 0 Å². The van der Waals surface area contributed by atoms with Crippen molar-refractivity contribution in [3.8, 4) is 0 Å². The molecular weight excluding hydrogens is 268 g/mol. The summed E-state index contributed by atoms with van der Waals surface area (Å²) in [4.78, 5) is 16.9. The third-order valence-corrected chi connectivity index (χ3v) is 4.97. The molecule has 0 aliphatic carbocycles. The van der Waals surface area contributed by atoms with E-state index in [4.69, 9.17) is 9.47 Å². The van der Waals surface area contributed by atoms with Crippen molar-refractivity contribution in [2.75, 3.05) is 39.4 Å². The van der Waals surface area contributed by atoms with Crippen LogP contribution in [0.1, 0.15) is 39.0 Å². The van der Waals surface area contributed by atoms with Crippen LogP contribution in [0.5, 0.6) is 0 Å². The van der Waals surface area contributed by atoms with Crippen molar-refractivity contribution >= 4 is 5.91 Å². The van der Waals surface area contributed by atoms with Gasteiger partial charge in [0.05, 0.1) is 25.8 Å². The molecule has 0 radical (unpaired) electrons. The highest BCUT2D eigenvalue weighted by molar-refractivity contribution is 5.78. The summed E-state index contributed by atoms with van der Waals surface area (Å²) < 4.78 is 11.4. The van der Waals surface area contributed by atoms with Crippen molar-refractivity contribution in [2.45, 2.75) is 51.4 Å². The van der Waals surface area contributed by atoms with E-state index in [1.54, 1.807) is 0 Å². The molecule has 1 amide bonds. The van der Waals surface area contributed by atoms with Crippen LogP contribution in [0.3, 0.4) is 0 Å². The predicted octanol–water partition coefficient (Wildman–Crippen LogP) is 1.47. The van der Waals surface area contributed by atoms with Crippen molar-refractivity contribution in [2.24, 2.45) is 5.92 Å². The molecule has 5 heteroatoms. The number of likely N-dealkylation sites (tertiary alicyclic amines) is 2. The fourth-order valence-electron chi connectivity index (χ4n) is 3.81. The Kier molecular flexibility index (Phi) is 5.14. The van der Waals surface area contributed by atoms with Gasteiger partial charge in [-0.1, -0.05) is 13.3 Å². The van der Waals surface area contributed by atoms with E-state index < -0.39 is 0 Å². The maximum absolute atomic E-state index is 12.6. The molecule has 2 atom stereocenters. The van der Waals surface area contributed by atoms with E-state index in [2.05, 4.69) is 16.7 Å². The zero-order chi connectivity index (χ0) is 14.7. The van der Waals surface area contributed by atoms with Gasteiger partial charge < -0.3 is 14.4 Å². The highest BCUT2D eigenvalue weighted by atomic mass is 16.7. The first kappa shape index (κ1) is 15.3. The standard InChI is InChI=1S/C16H28N2O3/c1-13-5-4-8-18(11-13)15(19)12-17-7-3-2-6-14(17)16-20-9-10-21-16/h13-14,16H,2-12H2,1H3. The summed E-state index contributed by atoms with van der Waals surface area (Å²) in [5.74, 6) is 0.924. The highest BCUT2D eigenvalue weighted by Gasteiger charge is 2.35. The van der Waals surface area contributed by atoms with Crippen LogP contribution in [0.2, 0.25) is 0 Å². The van der Waals surface area contributed by atoms with Gasteiger partial charge in [-0.3, -0.25) is 9.69 Å². The van der Waals surface area contributed by atoms with Gasteiger partial charge in [-0.15, -0.1) is 0 Å². The lowest BCUT2D eigenvalue weighted by Gasteiger charge is -2.39. The summed E-state index contributed by atoms with van der Waals surface area (Å²) in [5, 5.41) is 0. The number of ether oxygens (including phenoxy) is 2. The second kappa shape index (κ2) is 7.07. The van der Waals surface area contributed by atoms with Crippen LogP contribution in [-0.4, -0.2) is 67.4 Å². The van der Waals surface area contributed by atoms with E-state index in [0.29, 0.717) is 25.7 Å². The van der Waals surface area contributed by atoms with Crippen molar-refractivity contribution in [1.82, 2.24) is 9.80 Å². The van der Waals surface area contributed by atoms with E-state index in [-0.39, 0.29) is 18.2 Å². The van der Waals surface area contributed by atoms with Crippen LogP contribution in [-0.2, 0) is 14.3 Å². The second-order valence-corrected chi connectivity index (χ2v) is 6.73. The quantitative estimate of drug-likeness (QED) is 0.791. The predicted molar refractivity (Wildman–Crippen MR) is 79.9 cm³/mol. The lowest BCUT2D eigenvalue weighted by atomic mass is 9.99. The van der Waals surface area contributed by atoms with Crippen molar-refractivity contribution in [1.29, 1.82) is 0 Å². The Morgan fingerprint density at radius 3 is 2.67 bits per heavy atom. The fraction of sp³-hybridized carbons (Fsp3) is 0.938. The van der Waals surface area contributed by atoms with Gasteiger partial charge in [0.15, 0.2) is 6.29 Å². The molecule has 5 nitrogen and oxygen atoms in total. The van der Waals surface area contributed by atoms with E-state index in [1.807, 2.05) is 0 Å². The Labute approximate surface area is 127 Å². The summed E-state index contributed by atoms with van der Waals surface area (Å²) in [6.45, 7) is 6.98. The molecule has 2 unspecified atom stereocenters. The van der Waals surface area contributed by atoms with Gasteiger partial charge in [0.1, 0.15) is 0 Å². The number of piperidine rings is 2.